The van der Waals surface area contributed by atoms with Crippen LogP contribution in [0.1, 0.15) is 33.3 Å². The summed E-state index contributed by atoms with van der Waals surface area (Å²) in [5.74, 6) is -0.701. The van der Waals surface area contributed by atoms with Crippen LogP contribution in [0.25, 0.3) is 16.6 Å². The first-order valence-corrected chi connectivity index (χ1v) is 9.75. The topological polar surface area (TPSA) is 77.3 Å². The number of nitrogens with zero attached hydrogens (tertiary/aromatic N) is 4. The van der Waals surface area contributed by atoms with Crippen molar-refractivity contribution in [2.45, 2.75) is 40.2 Å². The molecule has 1 amide bonds. The first-order valence-electron chi connectivity index (χ1n) is 9.37. The molecular formula is C21H22ClFN4O3. The molecule has 1 aromatic carbocycles. The van der Waals surface area contributed by atoms with Crippen molar-refractivity contribution in [1.29, 1.82) is 0 Å². The van der Waals surface area contributed by atoms with E-state index in [1.807, 2.05) is 0 Å². The lowest BCUT2D eigenvalue weighted by atomic mass is 10.2. The second-order valence-electron chi connectivity index (χ2n) is 7.69. The van der Waals surface area contributed by atoms with E-state index in [4.69, 9.17) is 16.3 Å². The molecule has 0 bridgehead atoms. The fraction of sp³-hybridized carbons (Fsp3) is 0.333. The first-order chi connectivity index (χ1) is 14.0. The van der Waals surface area contributed by atoms with Gasteiger partial charge in [-0.1, -0.05) is 11.6 Å². The molecule has 3 rings (SSSR count). The Morgan fingerprint density at radius 1 is 1.30 bits per heavy atom. The van der Waals surface area contributed by atoms with Gasteiger partial charge in [-0.3, -0.25) is 9.78 Å². The van der Waals surface area contributed by atoms with Gasteiger partial charge in [-0.25, -0.2) is 23.6 Å². The summed E-state index contributed by atoms with van der Waals surface area (Å²) in [6, 6.07) is 4.20. The molecule has 2 heterocycles. The van der Waals surface area contributed by atoms with Gasteiger partial charge in [0.05, 0.1) is 27.8 Å². The number of aryl methyl sites for hydroxylation is 1. The predicted octanol–water partition coefficient (Wildman–Crippen LogP) is 4.64. The van der Waals surface area contributed by atoms with E-state index < -0.39 is 23.1 Å². The van der Waals surface area contributed by atoms with Crippen LogP contribution in [0, 0.1) is 12.7 Å². The number of halogens is 2. The highest BCUT2D eigenvalue weighted by atomic mass is 35.5. The summed E-state index contributed by atoms with van der Waals surface area (Å²) in [6.07, 6.45) is 2.39. The lowest BCUT2D eigenvalue weighted by Crippen LogP contribution is -2.40. The van der Waals surface area contributed by atoms with Gasteiger partial charge < -0.3 is 4.74 Å². The average molecular weight is 433 g/mol. The number of aromatic nitrogens is 3. The SMILES string of the molecule is CCN(C(=O)OC(C)(C)C)c1nc2ccc(F)c(Cl)c2c(=O)n1-c1cnccc1C. The van der Waals surface area contributed by atoms with E-state index in [0.29, 0.717) is 11.3 Å². The number of anilines is 1. The van der Waals surface area contributed by atoms with E-state index in [-0.39, 0.29) is 28.4 Å². The summed E-state index contributed by atoms with van der Waals surface area (Å²) >= 11 is 6.10. The number of pyridine rings is 1. The van der Waals surface area contributed by atoms with Crippen molar-refractivity contribution < 1.29 is 13.9 Å². The summed E-state index contributed by atoms with van der Waals surface area (Å²) in [5, 5.41) is -0.406. The first kappa shape index (κ1) is 21.7. The molecule has 0 spiro atoms. The van der Waals surface area contributed by atoms with Gasteiger partial charge in [0, 0.05) is 12.7 Å². The molecule has 0 aliphatic heterocycles. The Kier molecular flexibility index (Phi) is 5.81. The third-order valence-electron chi connectivity index (χ3n) is 4.33. The van der Waals surface area contributed by atoms with Crippen molar-refractivity contribution in [1.82, 2.24) is 14.5 Å². The molecule has 30 heavy (non-hydrogen) atoms. The maximum absolute atomic E-state index is 14.1. The van der Waals surface area contributed by atoms with Gasteiger partial charge >= 0.3 is 6.09 Å². The van der Waals surface area contributed by atoms with Crippen molar-refractivity contribution in [3.8, 4) is 5.69 Å². The van der Waals surface area contributed by atoms with E-state index in [2.05, 4.69) is 9.97 Å². The Balaban J connectivity index is 2.39. The quantitative estimate of drug-likeness (QED) is 0.602. The molecule has 0 saturated carbocycles. The Morgan fingerprint density at radius 3 is 2.60 bits per heavy atom. The molecule has 0 fully saturated rings. The van der Waals surface area contributed by atoms with E-state index >= 15 is 0 Å². The van der Waals surface area contributed by atoms with Crippen LogP contribution >= 0.6 is 11.6 Å². The van der Waals surface area contributed by atoms with Crippen LogP contribution in [0.15, 0.2) is 35.4 Å². The standard InChI is InChI=1S/C21H22ClFN4O3/c1-6-26(20(29)30-21(3,4)5)19-25-14-8-7-13(23)17(22)16(14)18(28)27(19)15-11-24-10-9-12(15)2/h7-11H,6H2,1-5H3. The van der Waals surface area contributed by atoms with Gasteiger partial charge in [0.1, 0.15) is 11.4 Å². The average Bonchev–Trinajstić information content (AvgIpc) is 2.65. The maximum atomic E-state index is 14.1. The van der Waals surface area contributed by atoms with Gasteiger partial charge in [-0.05, 0) is 58.4 Å². The monoisotopic (exact) mass is 432 g/mol. The van der Waals surface area contributed by atoms with Crippen molar-refractivity contribution in [2.75, 3.05) is 11.4 Å². The van der Waals surface area contributed by atoms with Crippen LogP contribution in [0.3, 0.4) is 0 Å². The van der Waals surface area contributed by atoms with E-state index in [1.165, 1.54) is 21.7 Å². The fourth-order valence-electron chi connectivity index (χ4n) is 2.95. The largest absolute Gasteiger partial charge is 0.443 e. The maximum Gasteiger partial charge on any atom is 0.417 e. The number of ether oxygens (including phenoxy) is 1. The zero-order valence-electron chi connectivity index (χ0n) is 17.4. The second kappa shape index (κ2) is 8.02. The second-order valence-corrected chi connectivity index (χ2v) is 8.07. The fourth-order valence-corrected chi connectivity index (χ4v) is 3.20. The van der Waals surface area contributed by atoms with Crippen LogP contribution in [-0.4, -0.2) is 32.8 Å². The molecule has 0 saturated heterocycles. The molecule has 3 aromatic rings. The highest BCUT2D eigenvalue weighted by molar-refractivity contribution is 6.35. The summed E-state index contributed by atoms with van der Waals surface area (Å²) in [5.41, 5.74) is -0.0846. The van der Waals surface area contributed by atoms with Crippen LogP contribution in [0.5, 0.6) is 0 Å². The molecule has 0 aliphatic carbocycles. The van der Waals surface area contributed by atoms with Gasteiger partial charge in [-0.15, -0.1) is 0 Å². The van der Waals surface area contributed by atoms with Crippen molar-refractivity contribution >= 4 is 34.5 Å². The lowest BCUT2D eigenvalue weighted by molar-refractivity contribution is 0.0579. The van der Waals surface area contributed by atoms with Crippen molar-refractivity contribution in [3.05, 3.63) is 57.3 Å². The number of carbonyl (C=O) groups is 1. The molecule has 2 aromatic heterocycles. The number of amides is 1. The molecule has 158 valence electrons. The zero-order valence-corrected chi connectivity index (χ0v) is 18.1. The third-order valence-corrected chi connectivity index (χ3v) is 4.70. The third kappa shape index (κ3) is 4.00. The minimum atomic E-state index is -0.747. The number of rotatable bonds is 3. The van der Waals surface area contributed by atoms with E-state index in [0.717, 1.165) is 6.07 Å². The molecule has 0 unspecified atom stereocenters. The van der Waals surface area contributed by atoms with E-state index in [1.54, 1.807) is 46.9 Å². The Hall–Kier alpha value is -3.00. The summed E-state index contributed by atoms with van der Waals surface area (Å²) in [4.78, 5) is 36.2. The minimum absolute atomic E-state index is 0.0306. The zero-order chi connectivity index (χ0) is 22.2. The molecular weight excluding hydrogens is 411 g/mol. The number of hydrogen-bond acceptors (Lipinski definition) is 5. The van der Waals surface area contributed by atoms with Gasteiger partial charge in [0.2, 0.25) is 5.95 Å². The number of carbonyl (C=O) groups excluding carboxylic acids is 1. The normalized spacial score (nSPS) is 11.6. The summed E-state index contributed by atoms with van der Waals surface area (Å²) in [6.45, 7) is 8.93. The molecule has 9 heteroatoms. The Labute approximate surface area is 178 Å². The number of fused-ring (bicyclic) bond motifs is 1. The van der Waals surface area contributed by atoms with E-state index in [9.17, 15) is 14.0 Å². The molecule has 0 N–H and O–H groups in total. The highest BCUT2D eigenvalue weighted by Gasteiger charge is 2.28. The van der Waals surface area contributed by atoms with Crippen molar-refractivity contribution in [2.24, 2.45) is 0 Å². The van der Waals surface area contributed by atoms with Crippen LogP contribution in [0.4, 0.5) is 15.1 Å². The lowest BCUT2D eigenvalue weighted by Gasteiger charge is -2.28. The Morgan fingerprint density at radius 2 is 2.00 bits per heavy atom. The summed E-state index contributed by atoms with van der Waals surface area (Å²) < 4.78 is 20.8. The predicted molar refractivity (Wildman–Crippen MR) is 114 cm³/mol. The van der Waals surface area contributed by atoms with Crippen molar-refractivity contribution in [3.63, 3.8) is 0 Å². The van der Waals surface area contributed by atoms with Crippen LogP contribution in [0.2, 0.25) is 5.02 Å². The van der Waals surface area contributed by atoms with Gasteiger partial charge in [0.25, 0.3) is 5.56 Å². The molecule has 7 nitrogen and oxygen atoms in total. The molecule has 0 radical (unpaired) electrons. The summed E-state index contributed by atoms with van der Waals surface area (Å²) in [7, 11) is 0. The van der Waals surface area contributed by atoms with Crippen LogP contribution in [-0.2, 0) is 4.74 Å². The number of hydrogen-bond donors (Lipinski definition) is 0. The Bertz CT molecular complexity index is 1190. The van der Waals surface area contributed by atoms with Gasteiger partial charge in [-0.2, -0.15) is 0 Å². The molecule has 0 aliphatic rings. The number of benzene rings is 1. The smallest absolute Gasteiger partial charge is 0.417 e. The minimum Gasteiger partial charge on any atom is -0.443 e. The van der Waals surface area contributed by atoms with Crippen LogP contribution < -0.4 is 10.5 Å². The van der Waals surface area contributed by atoms with Gasteiger partial charge in [0.15, 0.2) is 0 Å². The highest BCUT2D eigenvalue weighted by Crippen LogP contribution is 2.27. The molecule has 0 atom stereocenters.